The monoisotopic (exact) mass is 464 g/mol. The van der Waals surface area contributed by atoms with Crippen molar-refractivity contribution in [1.82, 2.24) is 19.7 Å². The minimum absolute atomic E-state index is 0.656. The van der Waals surface area contributed by atoms with Gasteiger partial charge < -0.3 is 4.74 Å². The van der Waals surface area contributed by atoms with E-state index in [9.17, 15) is 0 Å². The lowest BCUT2D eigenvalue weighted by atomic mass is 10.1. The van der Waals surface area contributed by atoms with Gasteiger partial charge in [0.25, 0.3) is 0 Å². The lowest BCUT2D eigenvalue weighted by Crippen LogP contribution is -2.01. The molecule has 0 fully saturated rings. The molecular formula is C27H36N4OS. The van der Waals surface area contributed by atoms with E-state index in [1.165, 1.54) is 44.9 Å². The summed E-state index contributed by atoms with van der Waals surface area (Å²) >= 11 is 1.64. The molecule has 0 aliphatic carbocycles. The van der Waals surface area contributed by atoms with Crippen molar-refractivity contribution < 1.29 is 4.74 Å². The Morgan fingerprint density at radius 2 is 1.70 bits per heavy atom. The molecule has 0 radical (unpaired) electrons. The predicted octanol–water partition coefficient (Wildman–Crippen LogP) is 7.34. The summed E-state index contributed by atoms with van der Waals surface area (Å²) in [5, 5.41) is 9.74. The Balaban J connectivity index is 1.49. The maximum absolute atomic E-state index is 5.94. The fourth-order valence-electron chi connectivity index (χ4n) is 3.65. The van der Waals surface area contributed by atoms with E-state index >= 15 is 0 Å². The highest BCUT2D eigenvalue weighted by atomic mass is 32.2. The third kappa shape index (κ3) is 8.35. The molecule has 6 heteroatoms. The molecule has 3 aromatic rings. The number of allylic oxidation sites excluding steroid dienone is 1. The van der Waals surface area contributed by atoms with Crippen molar-refractivity contribution in [2.45, 2.75) is 75.7 Å². The molecule has 2 aromatic heterocycles. The molecule has 0 saturated heterocycles. The number of rotatable bonds is 16. The first-order chi connectivity index (χ1) is 16.3. The van der Waals surface area contributed by atoms with E-state index in [4.69, 9.17) is 4.74 Å². The van der Waals surface area contributed by atoms with Crippen LogP contribution >= 0.6 is 11.8 Å². The van der Waals surface area contributed by atoms with E-state index in [1.54, 1.807) is 11.8 Å². The molecule has 176 valence electrons. The number of unbranched alkanes of at least 4 members (excludes halogenated alkanes) is 7. The molecule has 1 aromatic carbocycles. The third-order valence-electron chi connectivity index (χ3n) is 5.48. The molecule has 2 heterocycles. The minimum Gasteiger partial charge on any atom is -0.494 e. The number of nitrogens with zero attached hydrogens (tertiary/aromatic N) is 4. The van der Waals surface area contributed by atoms with Gasteiger partial charge in [0, 0.05) is 24.1 Å². The van der Waals surface area contributed by atoms with Gasteiger partial charge in [-0.25, -0.2) is 0 Å². The Kier molecular flexibility index (Phi) is 11.0. The minimum atomic E-state index is 0.656. The average Bonchev–Trinajstić information content (AvgIpc) is 3.25. The third-order valence-corrected chi connectivity index (χ3v) is 6.48. The SMILES string of the molecule is C=CCn1c(SCc2ccccn2)nnc1-c1ccc(OCCCCCCCCCC)cc1. The van der Waals surface area contributed by atoms with Crippen molar-refractivity contribution in [1.29, 1.82) is 0 Å². The van der Waals surface area contributed by atoms with E-state index in [0.29, 0.717) is 6.54 Å². The lowest BCUT2D eigenvalue weighted by Gasteiger charge is -2.09. The van der Waals surface area contributed by atoms with Gasteiger partial charge in [0.15, 0.2) is 11.0 Å². The first-order valence-corrected chi connectivity index (χ1v) is 13.1. The molecule has 3 rings (SSSR count). The highest BCUT2D eigenvalue weighted by Crippen LogP contribution is 2.27. The van der Waals surface area contributed by atoms with Crippen LogP contribution in [0.3, 0.4) is 0 Å². The Bertz CT molecular complexity index is 941. The smallest absolute Gasteiger partial charge is 0.192 e. The van der Waals surface area contributed by atoms with Gasteiger partial charge in [-0.1, -0.05) is 75.8 Å². The van der Waals surface area contributed by atoms with Crippen LogP contribution in [0.15, 0.2) is 66.5 Å². The van der Waals surface area contributed by atoms with Crippen LogP contribution in [0.2, 0.25) is 0 Å². The molecule has 0 amide bonds. The van der Waals surface area contributed by atoms with Crippen LogP contribution < -0.4 is 4.74 Å². The van der Waals surface area contributed by atoms with Crippen molar-refractivity contribution in [3.8, 4) is 17.1 Å². The summed E-state index contributed by atoms with van der Waals surface area (Å²) < 4.78 is 8.04. The summed E-state index contributed by atoms with van der Waals surface area (Å²) in [6.07, 6.45) is 14.1. The van der Waals surface area contributed by atoms with Crippen LogP contribution in [-0.4, -0.2) is 26.4 Å². The highest BCUT2D eigenvalue weighted by molar-refractivity contribution is 7.98. The summed E-state index contributed by atoms with van der Waals surface area (Å²) in [5.74, 6) is 2.50. The van der Waals surface area contributed by atoms with Crippen molar-refractivity contribution in [2.24, 2.45) is 0 Å². The van der Waals surface area contributed by atoms with Crippen LogP contribution in [-0.2, 0) is 12.3 Å². The molecule has 0 bridgehead atoms. The molecule has 0 aliphatic heterocycles. The number of ether oxygens (including phenoxy) is 1. The Morgan fingerprint density at radius 3 is 2.39 bits per heavy atom. The first-order valence-electron chi connectivity index (χ1n) is 12.1. The fourth-order valence-corrected chi connectivity index (χ4v) is 4.51. The maximum Gasteiger partial charge on any atom is 0.192 e. The predicted molar refractivity (Wildman–Crippen MR) is 138 cm³/mol. The molecule has 0 spiro atoms. The van der Waals surface area contributed by atoms with Gasteiger partial charge in [-0.05, 0) is 42.8 Å². The standard InChI is InChI=1S/C27H36N4OS/c1-3-5-6-7-8-9-10-13-21-32-25-17-15-23(16-18-25)26-29-30-27(31(26)20-4-2)33-22-24-14-11-12-19-28-24/h4,11-12,14-19H,2-3,5-10,13,20-22H2,1H3. The van der Waals surface area contributed by atoms with Crippen LogP contribution in [0, 0.1) is 0 Å². The van der Waals surface area contributed by atoms with Gasteiger partial charge in [0.05, 0.1) is 12.3 Å². The molecular weight excluding hydrogens is 428 g/mol. The van der Waals surface area contributed by atoms with E-state index in [1.807, 2.05) is 42.6 Å². The number of hydrogen-bond acceptors (Lipinski definition) is 5. The largest absolute Gasteiger partial charge is 0.494 e. The number of hydrogen-bond donors (Lipinski definition) is 0. The lowest BCUT2D eigenvalue weighted by molar-refractivity contribution is 0.304. The fraction of sp³-hybridized carbons (Fsp3) is 0.444. The summed E-state index contributed by atoms with van der Waals surface area (Å²) in [6, 6.07) is 14.1. The molecule has 0 N–H and O–H groups in total. The summed E-state index contributed by atoms with van der Waals surface area (Å²) in [5.41, 5.74) is 2.05. The summed E-state index contributed by atoms with van der Waals surface area (Å²) in [7, 11) is 0. The molecule has 0 unspecified atom stereocenters. The zero-order valence-electron chi connectivity index (χ0n) is 19.8. The average molecular weight is 465 g/mol. The number of aromatic nitrogens is 4. The molecule has 0 saturated carbocycles. The van der Waals surface area contributed by atoms with Gasteiger partial charge in [-0.15, -0.1) is 16.8 Å². The topological polar surface area (TPSA) is 52.8 Å². The zero-order chi connectivity index (χ0) is 23.1. The normalized spacial score (nSPS) is 10.9. The van der Waals surface area contributed by atoms with Crippen LogP contribution in [0.4, 0.5) is 0 Å². The van der Waals surface area contributed by atoms with E-state index < -0.39 is 0 Å². The van der Waals surface area contributed by atoms with Crippen LogP contribution in [0.1, 0.15) is 64.0 Å². The van der Waals surface area contributed by atoms with Crippen molar-refractivity contribution in [3.63, 3.8) is 0 Å². The second kappa shape index (κ2) is 14.5. The van der Waals surface area contributed by atoms with E-state index in [2.05, 4.69) is 45.4 Å². The van der Waals surface area contributed by atoms with Gasteiger partial charge in [-0.2, -0.15) is 0 Å². The van der Waals surface area contributed by atoms with E-state index in [0.717, 1.165) is 46.8 Å². The van der Waals surface area contributed by atoms with Crippen molar-refractivity contribution in [3.05, 3.63) is 67.0 Å². The number of thioether (sulfide) groups is 1. The molecule has 33 heavy (non-hydrogen) atoms. The zero-order valence-corrected chi connectivity index (χ0v) is 20.6. The van der Waals surface area contributed by atoms with Crippen LogP contribution in [0.25, 0.3) is 11.4 Å². The van der Waals surface area contributed by atoms with Gasteiger partial charge in [0.2, 0.25) is 0 Å². The van der Waals surface area contributed by atoms with Crippen molar-refractivity contribution in [2.75, 3.05) is 6.61 Å². The summed E-state index contributed by atoms with van der Waals surface area (Å²) in [4.78, 5) is 4.39. The first kappa shape index (κ1) is 25.0. The Labute approximate surface area is 202 Å². The second-order valence-corrected chi connectivity index (χ2v) is 9.11. The van der Waals surface area contributed by atoms with Crippen molar-refractivity contribution >= 4 is 11.8 Å². The Morgan fingerprint density at radius 1 is 0.939 bits per heavy atom. The van der Waals surface area contributed by atoms with Gasteiger partial charge >= 0.3 is 0 Å². The van der Waals surface area contributed by atoms with Crippen LogP contribution in [0.5, 0.6) is 5.75 Å². The molecule has 0 atom stereocenters. The number of pyridine rings is 1. The quantitative estimate of drug-likeness (QED) is 0.126. The van der Waals surface area contributed by atoms with Gasteiger partial charge in [0.1, 0.15) is 5.75 Å². The van der Waals surface area contributed by atoms with E-state index in [-0.39, 0.29) is 0 Å². The van der Waals surface area contributed by atoms with Gasteiger partial charge in [-0.3, -0.25) is 9.55 Å². The molecule has 5 nitrogen and oxygen atoms in total. The molecule has 0 aliphatic rings. The Hall–Kier alpha value is -2.60. The highest BCUT2D eigenvalue weighted by Gasteiger charge is 2.14. The number of benzene rings is 1. The second-order valence-electron chi connectivity index (χ2n) is 8.16. The summed E-state index contributed by atoms with van der Waals surface area (Å²) in [6.45, 7) is 7.59. The maximum atomic E-state index is 5.94.